The van der Waals surface area contributed by atoms with Crippen LogP contribution in [0.1, 0.15) is 0 Å². The molecule has 0 amide bonds. The molecular formula is C55H36N2O. The highest BCUT2D eigenvalue weighted by Gasteiger charge is 2.18. The minimum Gasteiger partial charge on any atom is -0.455 e. The number of fused-ring (bicyclic) bond motifs is 7. The first-order valence-corrected chi connectivity index (χ1v) is 19.7. The highest BCUT2D eigenvalue weighted by Crippen LogP contribution is 2.42. The van der Waals surface area contributed by atoms with Crippen molar-refractivity contribution in [2.24, 2.45) is 0 Å². The van der Waals surface area contributed by atoms with Crippen molar-refractivity contribution in [1.29, 1.82) is 0 Å². The van der Waals surface area contributed by atoms with E-state index in [-0.39, 0.29) is 0 Å². The molecule has 0 aliphatic carbocycles. The van der Waals surface area contributed by atoms with E-state index in [0.29, 0.717) is 0 Å². The maximum absolute atomic E-state index is 6.55. The van der Waals surface area contributed by atoms with Crippen LogP contribution >= 0.6 is 0 Å². The number of para-hydroxylation sites is 2. The predicted octanol–water partition coefficient (Wildman–Crippen LogP) is 15.4. The molecule has 272 valence electrons. The van der Waals surface area contributed by atoms with Gasteiger partial charge < -0.3 is 9.32 Å². The molecular weight excluding hydrogens is 705 g/mol. The average molecular weight is 741 g/mol. The van der Waals surface area contributed by atoms with Crippen molar-refractivity contribution in [2.75, 3.05) is 4.90 Å². The van der Waals surface area contributed by atoms with Crippen molar-refractivity contribution in [2.45, 2.75) is 0 Å². The van der Waals surface area contributed by atoms with E-state index in [1.54, 1.807) is 0 Å². The number of hydrogen-bond acceptors (Lipinski definition) is 3. The van der Waals surface area contributed by atoms with Gasteiger partial charge >= 0.3 is 0 Å². The molecule has 0 fully saturated rings. The average Bonchev–Trinajstić information content (AvgIpc) is 3.69. The first kappa shape index (κ1) is 33.6. The summed E-state index contributed by atoms with van der Waals surface area (Å²) in [5, 5.41) is 5.52. The largest absolute Gasteiger partial charge is 0.455 e. The Bertz CT molecular complexity index is 3180. The number of benzene rings is 9. The Hall–Kier alpha value is -7.75. The van der Waals surface area contributed by atoms with Gasteiger partial charge in [-0.15, -0.1) is 0 Å². The van der Waals surface area contributed by atoms with Crippen LogP contribution in [0.25, 0.3) is 88.3 Å². The molecule has 3 heteroatoms. The molecule has 3 nitrogen and oxygen atoms in total. The molecule has 2 aromatic heterocycles. The maximum Gasteiger partial charge on any atom is 0.144 e. The van der Waals surface area contributed by atoms with E-state index in [1.807, 2.05) is 12.1 Å². The SMILES string of the molecule is c1ccc(-c2cccc(N(c3ccc(-c4ccc(-c5nc6ccccc6c6c5ccc5c7ccccc7oc56)cc4)cc3)c3cccc(-c4ccccc4)c3)c2)cc1. The lowest BCUT2D eigenvalue weighted by Gasteiger charge is -2.27. The summed E-state index contributed by atoms with van der Waals surface area (Å²) in [5.74, 6) is 0. The lowest BCUT2D eigenvalue weighted by molar-refractivity contribution is 0.673. The molecule has 0 saturated heterocycles. The monoisotopic (exact) mass is 740 g/mol. The van der Waals surface area contributed by atoms with Crippen LogP contribution < -0.4 is 4.90 Å². The lowest BCUT2D eigenvalue weighted by Crippen LogP contribution is -2.10. The van der Waals surface area contributed by atoms with Crippen molar-refractivity contribution >= 4 is 60.7 Å². The van der Waals surface area contributed by atoms with Crippen molar-refractivity contribution < 1.29 is 4.42 Å². The first-order valence-electron chi connectivity index (χ1n) is 19.7. The highest BCUT2D eigenvalue weighted by molar-refractivity contribution is 6.24. The maximum atomic E-state index is 6.55. The van der Waals surface area contributed by atoms with Gasteiger partial charge in [0.1, 0.15) is 11.2 Å². The van der Waals surface area contributed by atoms with E-state index in [9.17, 15) is 0 Å². The van der Waals surface area contributed by atoms with Crippen LogP contribution in [-0.2, 0) is 0 Å². The standard InChI is InChI=1S/C55H36N2O/c1-3-13-37(14-4-1)42-17-11-19-45(35-42)57(46-20-12-18-43(36-46)38-15-5-2-6-16-38)44-31-29-40(30-32-44)39-25-27-41(28-26-39)54-50-34-33-48-47-21-8-10-24-52(47)58-55(48)53(50)49-22-7-9-23-51(49)56-54/h1-36H. The molecule has 11 rings (SSSR count). The molecule has 0 N–H and O–H groups in total. The fraction of sp³-hybridized carbons (Fsp3) is 0. The van der Waals surface area contributed by atoms with E-state index in [0.717, 1.165) is 83.1 Å². The Morgan fingerprint density at radius 3 is 1.48 bits per heavy atom. The topological polar surface area (TPSA) is 29.3 Å². The molecule has 0 aliphatic heterocycles. The van der Waals surface area contributed by atoms with E-state index in [4.69, 9.17) is 9.40 Å². The number of hydrogen-bond donors (Lipinski definition) is 0. The van der Waals surface area contributed by atoms with Crippen molar-refractivity contribution in [3.8, 4) is 44.6 Å². The van der Waals surface area contributed by atoms with Gasteiger partial charge in [-0.2, -0.15) is 0 Å². The number of nitrogens with zero attached hydrogens (tertiary/aromatic N) is 2. The van der Waals surface area contributed by atoms with Crippen molar-refractivity contribution in [3.63, 3.8) is 0 Å². The Morgan fingerprint density at radius 1 is 0.328 bits per heavy atom. The summed E-state index contributed by atoms with van der Waals surface area (Å²) in [4.78, 5) is 7.58. The van der Waals surface area contributed by atoms with Crippen LogP contribution in [0, 0.1) is 0 Å². The lowest BCUT2D eigenvalue weighted by atomic mass is 9.96. The molecule has 0 aliphatic rings. The summed E-state index contributed by atoms with van der Waals surface area (Å²) >= 11 is 0. The Kier molecular flexibility index (Phi) is 8.15. The summed E-state index contributed by atoms with van der Waals surface area (Å²) in [6.45, 7) is 0. The third kappa shape index (κ3) is 5.89. The van der Waals surface area contributed by atoms with Crippen LogP contribution in [0.4, 0.5) is 17.1 Å². The Balaban J connectivity index is 0.974. The summed E-state index contributed by atoms with van der Waals surface area (Å²) < 4.78 is 6.55. The van der Waals surface area contributed by atoms with Gasteiger partial charge in [-0.25, -0.2) is 4.98 Å². The number of pyridine rings is 1. The van der Waals surface area contributed by atoms with Gasteiger partial charge in [0.2, 0.25) is 0 Å². The van der Waals surface area contributed by atoms with E-state index in [2.05, 4.69) is 211 Å². The Morgan fingerprint density at radius 2 is 0.828 bits per heavy atom. The third-order valence-electron chi connectivity index (χ3n) is 11.2. The third-order valence-corrected chi connectivity index (χ3v) is 11.2. The molecule has 58 heavy (non-hydrogen) atoms. The van der Waals surface area contributed by atoms with Gasteiger partial charge in [-0.3, -0.25) is 0 Å². The molecule has 0 radical (unpaired) electrons. The summed E-state index contributed by atoms with van der Waals surface area (Å²) in [6.07, 6.45) is 0. The van der Waals surface area contributed by atoms with Gasteiger partial charge in [0, 0.05) is 49.6 Å². The van der Waals surface area contributed by atoms with Gasteiger partial charge in [0.05, 0.1) is 11.2 Å². The van der Waals surface area contributed by atoms with E-state index < -0.39 is 0 Å². The second-order valence-corrected chi connectivity index (χ2v) is 14.7. The van der Waals surface area contributed by atoms with E-state index >= 15 is 0 Å². The molecule has 0 spiro atoms. The molecule has 9 aromatic carbocycles. The van der Waals surface area contributed by atoms with Crippen LogP contribution in [0.5, 0.6) is 0 Å². The normalized spacial score (nSPS) is 11.4. The molecule has 0 saturated carbocycles. The highest BCUT2D eigenvalue weighted by atomic mass is 16.3. The number of anilines is 3. The zero-order chi connectivity index (χ0) is 38.4. The zero-order valence-corrected chi connectivity index (χ0v) is 31.6. The first-order chi connectivity index (χ1) is 28.7. The van der Waals surface area contributed by atoms with Crippen molar-refractivity contribution in [3.05, 3.63) is 218 Å². The second kappa shape index (κ2) is 14.1. The minimum atomic E-state index is 0.896. The number of rotatable bonds is 7. The van der Waals surface area contributed by atoms with Gasteiger partial charge in [0.25, 0.3) is 0 Å². The number of furan rings is 1. The molecule has 11 aromatic rings. The zero-order valence-electron chi connectivity index (χ0n) is 31.6. The minimum absolute atomic E-state index is 0.896. The molecule has 0 atom stereocenters. The molecule has 0 unspecified atom stereocenters. The summed E-state index contributed by atoms with van der Waals surface area (Å²) in [5.41, 5.74) is 15.1. The van der Waals surface area contributed by atoms with Crippen LogP contribution in [0.3, 0.4) is 0 Å². The smallest absolute Gasteiger partial charge is 0.144 e. The van der Waals surface area contributed by atoms with Gasteiger partial charge in [-0.05, 0) is 88.0 Å². The summed E-state index contributed by atoms with van der Waals surface area (Å²) in [6, 6.07) is 77.5. The molecule has 2 heterocycles. The van der Waals surface area contributed by atoms with Crippen LogP contribution in [0.15, 0.2) is 223 Å². The van der Waals surface area contributed by atoms with Crippen LogP contribution in [0.2, 0.25) is 0 Å². The van der Waals surface area contributed by atoms with Gasteiger partial charge in [0.15, 0.2) is 0 Å². The molecule has 0 bridgehead atoms. The van der Waals surface area contributed by atoms with E-state index in [1.165, 1.54) is 22.3 Å². The number of aromatic nitrogens is 1. The van der Waals surface area contributed by atoms with Gasteiger partial charge in [-0.1, -0.05) is 164 Å². The van der Waals surface area contributed by atoms with Crippen molar-refractivity contribution in [1.82, 2.24) is 4.98 Å². The predicted molar refractivity (Wildman–Crippen MR) is 243 cm³/mol. The summed E-state index contributed by atoms with van der Waals surface area (Å²) in [7, 11) is 0. The fourth-order valence-corrected chi connectivity index (χ4v) is 8.42. The fourth-order valence-electron chi connectivity index (χ4n) is 8.42. The quantitative estimate of drug-likeness (QED) is 0.152. The Labute approximate surface area is 336 Å². The second-order valence-electron chi connectivity index (χ2n) is 14.7. The van der Waals surface area contributed by atoms with Crippen LogP contribution in [-0.4, -0.2) is 4.98 Å².